The normalized spacial score (nSPS) is 11.2. The van der Waals surface area contributed by atoms with E-state index < -0.39 is 4.92 Å². The summed E-state index contributed by atoms with van der Waals surface area (Å²) in [5.41, 5.74) is 0.571. The molecule has 0 unspecified atom stereocenters. The third-order valence-electron chi connectivity index (χ3n) is 6.50. The van der Waals surface area contributed by atoms with Crippen LogP contribution in [0.2, 0.25) is 0 Å². The highest BCUT2D eigenvalue weighted by Crippen LogP contribution is 2.32. The molecule has 2 aromatic rings. The Balaban J connectivity index is 1.54. The van der Waals surface area contributed by atoms with Crippen LogP contribution in [0.5, 0.6) is 11.5 Å². The van der Waals surface area contributed by atoms with E-state index in [-0.39, 0.29) is 28.8 Å². The summed E-state index contributed by atoms with van der Waals surface area (Å²) in [5.74, 6) is -0.241. The van der Waals surface area contributed by atoms with E-state index in [2.05, 4.69) is 17.2 Å². The Kier molecular flexibility index (Phi) is 15.4. The molecule has 8 heteroatoms. The third kappa shape index (κ3) is 13.3. The maximum absolute atomic E-state index is 12.1. The minimum absolute atomic E-state index is 0.0395. The average Bonchev–Trinajstić information content (AvgIpc) is 2.90. The molecule has 0 saturated heterocycles. The second kappa shape index (κ2) is 18.9. The van der Waals surface area contributed by atoms with Gasteiger partial charge in [0.2, 0.25) is 0 Å². The molecular weight excluding hydrogens is 482 g/mol. The van der Waals surface area contributed by atoms with Crippen LogP contribution in [0.3, 0.4) is 0 Å². The monoisotopic (exact) mass is 525 g/mol. The third-order valence-corrected chi connectivity index (χ3v) is 6.50. The van der Waals surface area contributed by atoms with Crippen LogP contribution < -0.4 is 4.74 Å². The number of rotatable bonds is 20. The van der Waals surface area contributed by atoms with Gasteiger partial charge in [-0.2, -0.15) is 5.11 Å². The summed E-state index contributed by atoms with van der Waals surface area (Å²) in [6, 6.07) is 9.97. The molecule has 0 fully saturated rings. The minimum Gasteiger partial charge on any atom is -0.505 e. The smallest absolute Gasteiger partial charge is 0.311 e. The molecule has 208 valence electrons. The number of ether oxygens (including phenoxy) is 1. The summed E-state index contributed by atoms with van der Waals surface area (Å²) in [6.07, 6.45) is 19.4. The van der Waals surface area contributed by atoms with E-state index in [0.717, 1.165) is 19.3 Å². The van der Waals surface area contributed by atoms with Crippen LogP contribution in [0.4, 0.5) is 17.1 Å². The number of nitrogens with zero attached hydrogens (tertiary/aromatic N) is 3. The Hall–Kier alpha value is -3.29. The molecule has 1 N–H and O–H groups in total. The Morgan fingerprint density at radius 2 is 1.32 bits per heavy atom. The van der Waals surface area contributed by atoms with Gasteiger partial charge >= 0.3 is 5.97 Å². The molecule has 0 heterocycles. The molecule has 0 aliphatic rings. The van der Waals surface area contributed by atoms with E-state index in [0.29, 0.717) is 12.1 Å². The summed E-state index contributed by atoms with van der Waals surface area (Å²) < 4.78 is 5.33. The number of azo groups is 1. The van der Waals surface area contributed by atoms with Gasteiger partial charge in [0, 0.05) is 24.6 Å². The quantitative estimate of drug-likeness (QED) is 0.0461. The van der Waals surface area contributed by atoms with Crippen molar-refractivity contribution in [3.8, 4) is 11.5 Å². The number of aromatic hydroxyl groups is 1. The number of hydrogen-bond donors (Lipinski definition) is 1. The number of phenolic OH excluding ortho intramolecular Hbond substituents is 1. The second-order valence-electron chi connectivity index (χ2n) is 9.80. The first-order valence-electron chi connectivity index (χ1n) is 14.2. The van der Waals surface area contributed by atoms with Gasteiger partial charge in [-0.25, -0.2) is 0 Å². The molecule has 38 heavy (non-hydrogen) atoms. The molecular formula is C30H43N3O5. The molecule has 0 aromatic heterocycles. The molecule has 8 nitrogen and oxygen atoms in total. The molecule has 0 saturated carbocycles. The van der Waals surface area contributed by atoms with Gasteiger partial charge in [0.25, 0.3) is 5.69 Å². The van der Waals surface area contributed by atoms with E-state index in [1.54, 1.807) is 6.07 Å². The van der Waals surface area contributed by atoms with Crippen molar-refractivity contribution < 1.29 is 19.6 Å². The van der Waals surface area contributed by atoms with Crippen molar-refractivity contribution in [1.82, 2.24) is 0 Å². The number of phenols is 1. The molecule has 0 bridgehead atoms. The molecule has 0 aliphatic heterocycles. The van der Waals surface area contributed by atoms with E-state index >= 15 is 0 Å². The van der Waals surface area contributed by atoms with E-state index in [1.807, 2.05) is 0 Å². The predicted octanol–water partition coefficient (Wildman–Crippen LogP) is 9.88. The summed E-state index contributed by atoms with van der Waals surface area (Å²) in [4.78, 5) is 22.4. The summed E-state index contributed by atoms with van der Waals surface area (Å²) in [7, 11) is 0. The van der Waals surface area contributed by atoms with Crippen molar-refractivity contribution in [1.29, 1.82) is 0 Å². The van der Waals surface area contributed by atoms with E-state index in [9.17, 15) is 20.0 Å². The van der Waals surface area contributed by atoms with Gasteiger partial charge in [-0.3, -0.25) is 14.9 Å². The Bertz CT molecular complexity index is 992. The number of hydrogen-bond acceptors (Lipinski definition) is 7. The molecule has 2 rings (SSSR count). The minimum atomic E-state index is -0.493. The fraction of sp³-hybridized carbons (Fsp3) is 0.567. The van der Waals surface area contributed by atoms with Crippen LogP contribution in [-0.2, 0) is 4.79 Å². The SMILES string of the molecule is CCCCCCCCCCCCCCCCCC(=O)Oc1ccc(/N=N/c2ccc([N+](=O)[O-])cc2)c(O)c1. The zero-order chi connectivity index (χ0) is 27.4. The van der Waals surface area contributed by atoms with Gasteiger partial charge < -0.3 is 9.84 Å². The highest BCUT2D eigenvalue weighted by Gasteiger charge is 2.09. The van der Waals surface area contributed by atoms with Crippen molar-refractivity contribution in [2.24, 2.45) is 10.2 Å². The number of nitro benzene ring substituents is 1. The first kappa shape index (κ1) is 30.9. The van der Waals surface area contributed by atoms with E-state index in [4.69, 9.17) is 4.74 Å². The molecule has 0 radical (unpaired) electrons. The Morgan fingerprint density at radius 1 is 0.789 bits per heavy atom. The lowest BCUT2D eigenvalue weighted by atomic mass is 10.0. The predicted molar refractivity (Wildman–Crippen MR) is 151 cm³/mol. The lowest BCUT2D eigenvalue weighted by molar-refractivity contribution is -0.384. The molecule has 0 spiro atoms. The largest absolute Gasteiger partial charge is 0.505 e. The number of esters is 1. The summed E-state index contributed by atoms with van der Waals surface area (Å²) >= 11 is 0. The summed E-state index contributed by atoms with van der Waals surface area (Å²) in [6.45, 7) is 2.26. The fourth-order valence-corrected chi connectivity index (χ4v) is 4.23. The topological polar surface area (TPSA) is 114 Å². The number of nitro groups is 1. The number of unbranched alkanes of at least 4 members (excludes halogenated alkanes) is 14. The second-order valence-corrected chi connectivity index (χ2v) is 9.80. The Labute approximate surface area is 226 Å². The molecule has 0 atom stereocenters. The van der Waals surface area contributed by atoms with Gasteiger partial charge in [0.15, 0.2) is 0 Å². The van der Waals surface area contributed by atoms with Crippen molar-refractivity contribution in [3.05, 3.63) is 52.6 Å². The fourth-order valence-electron chi connectivity index (χ4n) is 4.23. The zero-order valence-electron chi connectivity index (χ0n) is 22.8. The Morgan fingerprint density at radius 3 is 1.82 bits per heavy atom. The van der Waals surface area contributed by atoms with Crippen LogP contribution in [-0.4, -0.2) is 16.0 Å². The molecule has 0 amide bonds. The van der Waals surface area contributed by atoms with Gasteiger partial charge in [-0.1, -0.05) is 96.8 Å². The van der Waals surface area contributed by atoms with Crippen molar-refractivity contribution >= 4 is 23.0 Å². The number of carbonyl (C=O) groups excluding carboxylic acids is 1. The zero-order valence-corrected chi connectivity index (χ0v) is 22.8. The van der Waals surface area contributed by atoms with Gasteiger partial charge in [0.05, 0.1) is 10.6 Å². The van der Waals surface area contributed by atoms with Crippen LogP contribution in [0.25, 0.3) is 0 Å². The number of non-ortho nitro benzene ring substituents is 1. The summed E-state index contributed by atoms with van der Waals surface area (Å²) in [5, 5.41) is 28.8. The van der Waals surface area contributed by atoms with Crippen LogP contribution in [0, 0.1) is 10.1 Å². The van der Waals surface area contributed by atoms with Crippen molar-refractivity contribution in [2.75, 3.05) is 0 Å². The van der Waals surface area contributed by atoms with Gasteiger partial charge in [0.1, 0.15) is 17.2 Å². The highest BCUT2D eigenvalue weighted by atomic mass is 16.6. The molecule has 2 aromatic carbocycles. The average molecular weight is 526 g/mol. The highest BCUT2D eigenvalue weighted by molar-refractivity contribution is 5.72. The number of carbonyl (C=O) groups is 1. The maximum atomic E-state index is 12.1. The lowest BCUT2D eigenvalue weighted by Crippen LogP contribution is -2.07. The standard InChI is InChI=1S/C30H43N3O5/c1-2-3-4-5-6-7-8-9-10-11-12-13-14-15-16-17-30(35)38-27-22-23-28(29(34)24-27)32-31-25-18-20-26(21-19-25)33(36)37/h18-24,34H,2-17H2,1H3/b32-31+. The van der Waals surface area contributed by atoms with Crippen molar-refractivity contribution in [3.63, 3.8) is 0 Å². The molecule has 0 aliphatic carbocycles. The maximum Gasteiger partial charge on any atom is 0.311 e. The van der Waals surface area contributed by atoms with Crippen LogP contribution >= 0.6 is 0 Å². The van der Waals surface area contributed by atoms with Crippen LogP contribution in [0.1, 0.15) is 110 Å². The van der Waals surface area contributed by atoms with E-state index in [1.165, 1.54) is 113 Å². The van der Waals surface area contributed by atoms with Crippen molar-refractivity contribution in [2.45, 2.75) is 110 Å². The lowest BCUT2D eigenvalue weighted by Gasteiger charge is -2.06. The van der Waals surface area contributed by atoms with Gasteiger partial charge in [-0.15, -0.1) is 5.11 Å². The number of benzene rings is 2. The van der Waals surface area contributed by atoms with Gasteiger partial charge in [-0.05, 0) is 30.7 Å². The first-order valence-corrected chi connectivity index (χ1v) is 14.2. The first-order chi connectivity index (χ1) is 18.5. The van der Waals surface area contributed by atoms with Crippen LogP contribution in [0.15, 0.2) is 52.7 Å².